The van der Waals surface area contributed by atoms with Crippen molar-refractivity contribution in [3.05, 3.63) is 105 Å². The molecule has 3 aromatic carbocycles. The topological polar surface area (TPSA) is 95.5 Å². The summed E-state index contributed by atoms with van der Waals surface area (Å²) in [6.45, 7) is 1.67. The molecule has 0 saturated carbocycles. The zero-order valence-corrected chi connectivity index (χ0v) is 19.3. The van der Waals surface area contributed by atoms with Crippen molar-refractivity contribution >= 4 is 33.7 Å². The lowest BCUT2D eigenvalue weighted by atomic mass is 10.2. The molecule has 0 fully saturated rings. The standard InChI is InChI=1S/C27H23N3O5/c1-17-6-5-7-19(14-17)28-23(31)16-29-24-21-8-3-4-9-22(21)35-25(24)26(32)30(27(29)33)15-18-10-12-20(34-2)13-11-18/h3-14H,15-16H2,1-2H3,(H,28,31). The van der Waals surface area contributed by atoms with Crippen LogP contribution in [0.5, 0.6) is 5.75 Å². The highest BCUT2D eigenvalue weighted by atomic mass is 16.5. The average molecular weight is 469 g/mol. The van der Waals surface area contributed by atoms with Crippen LogP contribution in [-0.4, -0.2) is 22.2 Å². The first-order valence-corrected chi connectivity index (χ1v) is 11.1. The lowest BCUT2D eigenvalue weighted by Crippen LogP contribution is -2.41. The number of nitrogens with zero attached hydrogens (tertiary/aromatic N) is 2. The van der Waals surface area contributed by atoms with Crippen molar-refractivity contribution in [2.24, 2.45) is 0 Å². The van der Waals surface area contributed by atoms with Crippen LogP contribution < -0.4 is 21.3 Å². The largest absolute Gasteiger partial charge is 0.497 e. The third-order valence-corrected chi connectivity index (χ3v) is 5.84. The number of para-hydroxylation sites is 1. The SMILES string of the molecule is COc1ccc(Cn2c(=O)c3oc4ccccc4c3n(CC(=O)Nc3cccc(C)c3)c2=O)cc1. The van der Waals surface area contributed by atoms with Crippen molar-refractivity contribution < 1.29 is 13.9 Å². The quantitative estimate of drug-likeness (QED) is 0.407. The first-order valence-electron chi connectivity index (χ1n) is 11.1. The second-order valence-corrected chi connectivity index (χ2v) is 8.30. The van der Waals surface area contributed by atoms with Crippen LogP contribution in [0.25, 0.3) is 22.1 Å². The van der Waals surface area contributed by atoms with Gasteiger partial charge in [-0.3, -0.25) is 18.7 Å². The molecular formula is C27H23N3O5. The van der Waals surface area contributed by atoms with Gasteiger partial charge < -0.3 is 14.5 Å². The van der Waals surface area contributed by atoms with Gasteiger partial charge in [-0.05, 0) is 54.4 Å². The van der Waals surface area contributed by atoms with Gasteiger partial charge in [-0.15, -0.1) is 0 Å². The highest BCUT2D eigenvalue weighted by molar-refractivity contribution is 6.03. The number of methoxy groups -OCH3 is 1. The van der Waals surface area contributed by atoms with Crippen LogP contribution in [0.2, 0.25) is 0 Å². The Bertz CT molecular complexity index is 1680. The van der Waals surface area contributed by atoms with E-state index in [-0.39, 0.29) is 24.6 Å². The van der Waals surface area contributed by atoms with Gasteiger partial charge in [-0.1, -0.05) is 36.4 Å². The summed E-state index contributed by atoms with van der Waals surface area (Å²) >= 11 is 0. The van der Waals surface area contributed by atoms with Gasteiger partial charge in [0.15, 0.2) is 0 Å². The van der Waals surface area contributed by atoms with Crippen molar-refractivity contribution in [1.29, 1.82) is 0 Å². The van der Waals surface area contributed by atoms with Crippen LogP contribution in [-0.2, 0) is 17.9 Å². The summed E-state index contributed by atoms with van der Waals surface area (Å²) in [7, 11) is 1.56. The number of ether oxygens (including phenoxy) is 1. The number of hydrogen-bond donors (Lipinski definition) is 1. The van der Waals surface area contributed by atoms with Gasteiger partial charge in [0.05, 0.1) is 13.7 Å². The molecule has 0 spiro atoms. The Kier molecular flexibility index (Phi) is 5.70. The number of amides is 1. The Morgan fingerprint density at radius 2 is 1.74 bits per heavy atom. The van der Waals surface area contributed by atoms with Crippen LogP contribution in [0.1, 0.15) is 11.1 Å². The van der Waals surface area contributed by atoms with Crippen molar-refractivity contribution in [2.75, 3.05) is 12.4 Å². The molecule has 8 heteroatoms. The first kappa shape index (κ1) is 22.2. The Balaban J connectivity index is 1.63. The molecule has 0 radical (unpaired) electrons. The highest BCUT2D eigenvalue weighted by Crippen LogP contribution is 2.25. The molecule has 0 unspecified atom stereocenters. The molecule has 176 valence electrons. The van der Waals surface area contributed by atoms with E-state index >= 15 is 0 Å². The maximum absolute atomic E-state index is 13.6. The summed E-state index contributed by atoms with van der Waals surface area (Å²) in [6.07, 6.45) is 0. The van der Waals surface area contributed by atoms with E-state index in [9.17, 15) is 14.4 Å². The number of fused-ring (bicyclic) bond motifs is 3. The highest BCUT2D eigenvalue weighted by Gasteiger charge is 2.21. The van der Waals surface area contributed by atoms with Crippen LogP contribution >= 0.6 is 0 Å². The minimum absolute atomic E-state index is 0.0220. The van der Waals surface area contributed by atoms with E-state index in [1.807, 2.05) is 25.1 Å². The van der Waals surface area contributed by atoms with E-state index in [1.165, 1.54) is 4.57 Å². The molecule has 1 N–H and O–H groups in total. The molecule has 1 amide bonds. The lowest BCUT2D eigenvalue weighted by molar-refractivity contribution is -0.116. The average Bonchev–Trinajstić information content (AvgIpc) is 3.25. The van der Waals surface area contributed by atoms with Gasteiger partial charge in [0.25, 0.3) is 5.56 Å². The van der Waals surface area contributed by atoms with E-state index in [0.717, 1.165) is 15.7 Å². The summed E-state index contributed by atoms with van der Waals surface area (Å²) in [5.74, 6) is 0.276. The number of carbonyl (C=O) groups excluding carboxylic acids is 1. The molecule has 0 aliphatic heterocycles. The van der Waals surface area contributed by atoms with Crippen molar-refractivity contribution in [2.45, 2.75) is 20.0 Å². The number of rotatable bonds is 6. The monoisotopic (exact) mass is 469 g/mol. The molecule has 0 aliphatic rings. The van der Waals surface area contributed by atoms with Crippen LogP contribution in [0.3, 0.4) is 0 Å². The van der Waals surface area contributed by atoms with E-state index in [1.54, 1.807) is 61.7 Å². The van der Waals surface area contributed by atoms with Crippen molar-refractivity contribution in [3.63, 3.8) is 0 Å². The van der Waals surface area contributed by atoms with Crippen LogP contribution in [0.15, 0.2) is 86.8 Å². The van der Waals surface area contributed by atoms with Gasteiger partial charge in [0.1, 0.15) is 23.4 Å². The Labute approximate surface area is 200 Å². The van der Waals surface area contributed by atoms with Crippen LogP contribution in [0.4, 0.5) is 5.69 Å². The second-order valence-electron chi connectivity index (χ2n) is 8.30. The molecule has 0 atom stereocenters. The smallest absolute Gasteiger partial charge is 0.332 e. The molecule has 5 aromatic rings. The number of furan rings is 1. The lowest BCUT2D eigenvalue weighted by Gasteiger charge is -2.13. The number of anilines is 1. The van der Waals surface area contributed by atoms with Gasteiger partial charge in [0.2, 0.25) is 11.5 Å². The predicted molar refractivity (Wildman–Crippen MR) is 134 cm³/mol. The van der Waals surface area contributed by atoms with Gasteiger partial charge in [-0.2, -0.15) is 0 Å². The molecule has 5 rings (SSSR count). The summed E-state index contributed by atoms with van der Waals surface area (Å²) in [5.41, 5.74) is 2.02. The van der Waals surface area contributed by atoms with Crippen molar-refractivity contribution in [3.8, 4) is 5.75 Å². The third-order valence-electron chi connectivity index (χ3n) is 5.84. The summed E-state index contributed by atoms with van der Waals surface area (Å²) in [5, 5.41) is 3.42. The zero-order chi connectivity index (χ0) is 24.5. The Hall–Kier alpha value is -4.59. The minimum Gasteiger partial charge on any atom is -0.497 e. The summed E-state index contributed by atoms with van der Waals surface area (Å²) < 4.78 is 13.4. The number of aromatic nitrogens is 2. The Morgan fingerprint density at radius 3 is 2.49 bits per heavy atom. The van der Waals surface area contributed by atoms with Gasteiger partial charge >= 0.3 is 5.69 Å². The zero-order valence-electron chi connectivity index (χ0n) is 19.3. The maximum Gasteiger partial charge on any atom is 0.332 e. The molecule has 35 heavy (non-hydrogen) atoms. The molecule has 0 bridgehead atoms. The molecule has 0 saturated heterocycles. The molecule has 2 heterocycles. The second kappa shape index (κ2) is 8.98. The Morgan fingerprint density at radius 1 is 0.971 bits per heavy atom. The van der Waals surface area contributed by atoms with Gasteiger partial charge in [-0.25, -0.2) is 4.79 Å². The maximum atomic E-state index is 13.6. The third kappa shape index (κ3) is 4.21. The number of hydrogen-bond acceptors (Lipinski definition) is 5. The summed E-state index contributed by atoms with van der Waals surface area (Å²) in [6, 6.07) is 21.5. The first-order chi connectivity index (χ1) is 16.9. The fourth-order valence-electron chi connectivity index (χ4n) is 4.16. The van der Waals surface area contributed by atoms with Crippen molar-refractivity contribution in [1.82, 2.24) is 9.13 Å². The van der Waals surface area contributed by atoms with Gasteiger partial charge in [0, 0.05) is 11.1 Å². The molecule has 2 aromatic heterocycles. The number of aryl methyl sites for hydroxylation is 1. The van der Waals surface area contributed by atoms with E-state index < -0.39 is 11.2 Å². The van der Waals surface area contributed by atoms with Crippen LogP contribution in [0, 0.1) is 6.92 Å². The summed E-state index contributed by atoms with van der Waals surface area (Å²) in [4.78, 5) is 39.9. The molecular weight excluding hydrogens is 446 g/mol. The molecule has 8 nitrogen and oxygen atoms in total. The van der Waals surface area contributed by atoms with E-state index in [0.29, 0.717) is 27.9 Å². The number of carbonyl (C=O) groups is 1. The number of nitrogens with one attached hydrogen (secondary N) is 1. The molecule has 0 aliphatic carbocycles. The van der Waals surface area contributed by atoms with E-state index in [4.69, 9.17) is 9.15 Å². The van der Waals surface area contributed by atoms with E-state index in [2.05, 4.69) is 5.32 Å². The predicted octanol–water partition coefficient (Wildman–Crippen LogP) is 3.91. The fraction of sp³-hybridized carbons (Fsp3) is 0.148. The fourth-order valence-corrected chi connectivity index (χ4v) is 4.16. The minimum atomic E-state index is -0.593. The normalized spacial score (nSPS) is 11.1. The number of benzene rings is 3.